The van der Waals surface area contributed by atoms with Gasteiger partial charge in [-0.25, -0.2) is 8.42 Å². The average molecular weight is 499 g/mol. The predicted octanol–water partition coefficient (Wildman–Crippen LogP) is 3.81. The summed E-state index contributed by atoms with van der Waals surface area (Å²) in [5.41, 5.74) is 1.74. The summed E-state index contributed by atoms with van der Waals surface area (Å²) in [5, 5.41) is 2.76. The van der Waals surface area contributed by atoms with E-state index in [1.807, 2.05) is 24.3 Å². The quantitative estimate of drug-likeness (QED) is 0.461. The van der Waals surface area contributed by atoms with Gasteiger partial charge in [0.25, 0.3) is 15.9 Å². The Morgan fingerprint density at radius 1 is 0.971 bits per heavy atom. The molecule has 0 fully saturated rings. The maximum Gasteiger partial charge on any atom is 0.262 e. The lowest BCUT2D eigenvalue weighted by Gasteiger charge is -2.19. The second-order valence-electron chi connectivity index (χ2n) is 7.78. The smallest absolute Gasteiger partial charge is 0.262 e. The summed E-state index contributed by atoms with van der Waals surface area (Å²) in [4.78, 5) is 12.5. The minimum absolute atomic E-state index is 0.0566. The van der Waals surface area contributed by atoms with Crippen molar-refractivity contribution in [3.63, 3.8) is 0 Å². The van der Waals surface area contributed by atoms with Crippen molar-refractivity contribution in [3.8, 4) is 17.2 Å². The maximum atomic E-state index is 12.8. The molecule has 1 unspecified atom stereocenters. The zero-order valence-electron chi connectivity index (χ0n) is 19.3. The van der Waals surface area contributed by atoms with E-state index in [2.05, 4.69) is 10.0 Å². The van der Waals surface area contributed by atoms with Gasteiger partial charge in [0.1, 0.15) is 25.1 Å². The Labute approximate surface area is 204 Å². The van der Waals surface area contributed by atoms with Crippen molar-refractivity contribution in [3.05, 3.63) is 72.3 Å². The van der Waals surface area contributed by atoms with Crippen LogP contribution in [0.25, 0.3) is 0 Å². The van der Waals surface area contributed by atoms with E-state index in [4.69, 9.17) is 18.9 Å². The number of sulfonamides is 1. The molecule has 0 bridgehead atoms. The minimum atomic E-state index is -3.84. The van der Waals surface area contributed by atoms with Gasteiger partial charge in [0.15, 0.2) is 11.5 Å². The van der Waals surface area contributed by atoms with E-state index in [-0.39, 0.29) is 17.4 Å². The second-order valence-corrected chi connectivity index (χ2v) is 9.46. The molecular weight excluding hydrogens is 472 g/mol. The second kappa shape index (κ2) is 10.7. The minimum Gasteiger partial charge on any atom is -0.497 e. The van der Waals surface area contributed by atoms with E-state index >= 15 is 0 Å². The predicted molar refractivity (Wildman–Crippen MR) is 131 cm³/mol. The van der Waals surface area contributed by atoms with Gasteiger partial charge in [-0.3, -0.25) is 9.52 Å². The van der Waals surface area contributed by atoms with Crippen molar-refractivity contribution in [2.45, 2.75) is 24.5 Å². The molecule has 1 amide bonds. The standard InChI is InChI=1S/C25H26N2O7S/c1-17(34-16-18-4-3-5-21(14-18)31-2)25(28)26-19-6-8-20(9-7-19)27-35(29,30)22-10-11-23-24(15-22)33-13-12-32-23/h3-11,14-15,17,27H,12-13,16H2,1-2H3,(H,26,28). The van der Waals surface area contributed by atoms with Gasteiger partial charge in [0.05, 0.1) is 18.6 Å². The number of rotatable bonds is 9. The van der Waals surface area contributed by atoms with Crippen LogP contribution in [0.15, 0.2) is 71.6 Å². The van der Waals surface area contributed by atoms with Crippen molar-refractivity contribution in [1.82, 2.24) is 0 Å². The molecule has 1 heterocycles. The summed E-state index contributed by atoms with van der Waals surface area (Å²) in [6.07, 6.45) is -0.699. The molecule has 1 aliphatic heterocycles. The number of benzene rings is 3. The Morgan fingerprint density at radius 2 is 1.69 bits per heavy atom. The van der Waals surface area contributed by atoms with Crippen molar-refractivity contribution in [1.29, 1.82) is 0 Å². The maximum absolute atomic E-state index is 12.8. The summed E-state index contributed by atoms with van der Waals surface area (Å²) in [7, 11) is -2.25. The Bertz CT molecular complexity index is 1290. The Balaban J connectivity index is 1.33. The highest BCUT2D eigenvalue weighted by molar-refractivity contribution is 7.92. The van der Waals surface area contributed by atoms with Crippen LogP contribution in [0.1, 0.15) is 12.5 Å². The molecule has 184 valence electrons. The molecule has 4 rings (SSSR count). The Hall–Kier alpha value is -3.76. The van der Waals surface area contributed by atoms with E-state index in [0.29, 0.717) is 41.8 Å². The van der Waals surface area contributed by atoms with E-state index in [0.717, 1.165) is 5.56 Å². The van der Waals surface area contributed by atoms with Gasteiger partial charge in [-0.2, -0.15) is 0 Å². The molecule has 9 nitrogen and oxygen atoms in total. The molecule has 0 spiro atoms. The van der Waals surface area contributed by atoms with Gasteiger partial charge in [-0.15, -0.1) is 0 Å². The highest BCUT2D eigenvalue weighted by Crippen LogP contribution is 2.32. The number of fused-ring (bicyclic) bond motifs is 1. The molecule has 0 aliphatic carbocycles. The fourth-order valence-electron chi connectivity index (χ4n) is 3.33. The van der Waals surface area contributed by atoms with Gasteiger partial charge in [0.2, 0.25) is 0 Å². The monoisotopic (exact) mass is 498 g/mol. The summed E-state index contributed by atoms with van der Waals surface area (Å²) in [6, 6.07) is 18.2. The molecule has 0 radical (unpaired) electrons. The number of amides is 1. The SMILES string of the molecule is COc1cccc(COC(C)C(=O)Nc2ccc(NS(=O)(=O)c3ccc4c(c3)OCCO4)cc2)c1. The first-order valence-corrected chi connectivity index (χ1v) is 12.4. The Kier molecular flexibility index (Phi) is 7.42. The number of carbonyl (C=O) groups excluding carboxylic acids is 1. The summed E-state index contributed by atoms with van der Waals surface area (Å²) in [5.74, 6) is 1.29. The molecule has 0 aromatic heterocycles. The first-order valence-electron chi connectivity index (χ1n) is 10.9. The van der Waals surface area contributed by atoms with Gasteiger partial charge in [-0.1, -0.05) is 12.1 Å². The van der Waals surface area contributed by atoms with Crippen LogP contribution in [0.4, 0.5) is 11.4 Å². The van der Waals surface area contributed by atoms with E-state index in [1.54, 1.807) is 44.4 Å². The highest BCUT2D eigenvalue weighted by Gasteiger charge is 2.20. The third kappa shape index (κ3) is 6.23. The van der Waals surface area contributed by atoms with Crippen LogP contribution in [0.2, 0.25) is 0 Å². The molecule has 3 aromatic rings. The number of carbonyl (C=O) groups is 1. The lowest BCUT2D eigenvalue weighted by Crippen LogP contribution is -2.27. The van der Waals surface area contributed by atoms with Crippen molar-refractivity contribution < 1.29 is 32.2 Å². The van der Waals surface area contributed by atoms with Crippen LogP contribution in [0.5, 0.6) is 17.2 Å². The van der Waals surface area contributed by atoms with Crippen LogP contribution >= 0.6 is 0 Å². The van der Waals surface area contributed by atoms with E-state index in [9.17, 15) is 13.2 Å². The number of hydrogen-bond donors (Lipinski definition) is 2. The lowest BCUT2D eigenvalue weighted by molar-refractivity contribution is -0.127. The van der Waals surface area contributed by atoms with Crippen molar-refractivity contribution in [2.75, 3.05) is 30.4 Å². The molecule has 35 heavy (non-hydrogen) atoms. The molecule has 0 saturated carbocycles. The number of methoxy groups -OCH3 is 1. The molecule has 1 aliphatic rings. The van der Waals surface area contributed by atoms with Crippen LogP contribution in [-0.4, -0.2) is 40.8 Å². The van der Waals surface area contributed by atoms with Crippen LogP contribution in [-0.2, 0) is 26.2 Å². The zero-order chi connectivity index (χ0) is 24.8. The molecule has 2 N–H and O–H groups in total. The zero-order valence-corrected chi connectivity index (χ0v) is 20.1. The molecule has 3 aromatic carbocycles. The van der Waals surface area contributed by atoms with Crippen LogP contribution in [0.3, 0.4) is 0 Å². The molecular formula is C25H26N2O7S. The number of hydrogen-bond acceptors (Lipinski definition) is 7. The molecule has 0 saturated heterocycles. The van der Waals surface area contributed by atoms with Crippen LogP contribution < -0.4 is 24.2 Å². The molecule has 1 atom stereocenters. The van der Waals surface area contributed by atoms with E-state index < -0.39 is 16.1 Å². The molecule has 10 heteroatoms. The Morgan fingerprint density at radius 3 is 2.43 bits per heavy atom. The van der Waals surface area contributed by atoms with Crippen LogP contribution in [0, 0.1) is 0 Å². The van der Waals surface area contributed by atoms with Gasteiger partial charge >= 0.3 is 0 Å². The third-order valence-corrected chi connectivity index (χ3v) is 6.61. The topological polar surface area (TPSA) is 112 Å². The number of ether oxygens (including phenoxy) is 4. The van der Waals surface area contributed by atoms with Gasteiger partial charge in [-0.05, 0) is 61.0 Å². The summed E-state index contributed by atoms with van der Waals surface area (Å²) in [6.45, 7) is 2.70. The number of nitrogens with one attached hydrogen (secondary N) is 2. The fraction of sp³-hybridized carbons (Fsp3) is 0.240. The van der Waals surface area contributed by atoms with Gasteiger partial charge in [0, 0.05) is 17.4 Å². The van der Waals surface area contributed by atoms with Crippen molar-refractivity contribution >= 4 is 27.3 Å². The normalized spacial score (nSPS) is 13.5. The van der Waals surface area contributed by atoms with Crippen molar-refractivity contribution in [2.24, 2.45) is 0 Å². The fourth-order valence-corrected chi connectivity index (χ4v) is 4.40. The average Bonchev–Trinajstić information content (AvgIpc) is 2.88. The first kappa shape index (κ1) is 24.4. The number of anilines is 2. The third-order valence-electron chi connectivity index (χ3n) is 5.23. The summed E-state index contributed by atoms with van der Waals surface area (Å²) < 4.78 is 49.8. The van der Waals surface area contributed by atoms with E-state index in [1.165, 1.54) is 12.1 Å². The lowest BCUT2D eigenvalue weighted by atomic mass is 10.2. The highest BCUT2D eigenvalue weighted by atomic mass is 32.2. The first-order chi connectivity index (χ1) is 16.8. The van der Waals surface area contributed by atoms with Gasteiger partial charge < -0.3 is 24.3 Å². The summed E-state index contributed by atoms with van der Waals surface area (Å²) >= 11 is 0. The largest absolute Gasteiger partial charge is 0.497 e.